The van der Waals surface area contributed by atoms with Crippen LogP contribution in [-0.4, -0.2) is 13.4 Å². The van der Waals surface area contributed by atoms with Crippen molar-refractivity contribution in [3.05, 3.63) is 216 Å². The molecular formula is C66H52B2N4S. The summed E-state index contributed by atoms with van der Waals surface area (Å²) in [5, 5.41) is 0. The van der Waals surface area contributed by atoms with Crippen LogP contribution in [-0.2, 0) is 12.8 Å². The summed E-state index contributed by atoms with van der Waals surface area (Å²) in [6, 6.07) is 77.9. The normalized spacial score (nSPS) is 13.8. The standard InChI is InChI=1S/C66H52B2N4S/c1-3-5-33-59-65-66(60(73-59)34-6-4-2)72-57-32-19-29-54-62(57)68(52-41-45(43-21-11-7-12-22-43)36-40-53(52)69(54)47-25-15-9-16-26-47)51-39-38-50-63(64(51)72)71(65)56-31-20-30-55-61(56)67(50)49-37-35-46(44-23-13-8-14-24-44)42-58(49)70(55)48-27-17-10-18-28-48/h7-32,35-42H,3-6,33-34H2,1-2H3. The average Bonchev–Trinajstić information content (AvgIpc) is 3.82. The highest BCUT2D eigenvalue weighted by Gasteiger charge is 2.53. The molecule has 0 radical (unpaired) electrons. The lowest BCUT2D eigenvalue weighted by Crippen LogP contribution is -2.65. The summed E-state index contributed by atoms with van der Waals surface area (Å²) < 4.78 is 0. The van der Waals surface area contributed by atoms with E-state index in [1.165, 1.54) is 133 Å². The molecule has 7 heteroatoms. The molecule has 5 aliphatic rings. The Kier molecular flexibility index (Phi) is 9.82. The number of fused-ring (bicyclic) bond motifs is 11. The maximum atomic E-state index is 2.79. The quantitative estimate of drug-likeness (QED) is 0.127. The van der Waals surface area contributed by atoms with Gasteiger partial charge in [0, 0.05) is 55.3 Å². The molecule has 15 rings (SSSR count). The summed E-state index contributed by atoms with van der Waals surface area (Å²) in [6.45, 7) is 4.69. The van der Waals surface area contributed by atoms with Crippen molar-refractivity contribution in [1.82, 2.24) is 0 Å². The fourth-order valence-corrected chi connectivity index (χ4v) is 14.6. The Hall–Kier alpha value is -7.99. The Morgan fingerprint density at radius 1 is 0.329 bits per heavy atom. The van der Waals surface area contributed by atoms with E-state index in [4.69, 9.17) is 0 Å². The van der Waals surface area contributed by atoms with Crippen LogP contribution < -0.4 is 52.4 Å². The third kappa shape index (κ3) is 6.21. The van der Waals surface area contributed by atoms with Gasteiger partial charge in [0.25, 0.3) is 13.4 Å². The van der Waals surface area contributed by atoms with E-state index in [-0.39, 0.29) is 13.4 Å². The van der Waals surface area contributed by atoms with Crippen molar-refractivity contribution in [2.45, 2.75) is 52.4 Å². The second-order valence-electron chi connectivity index (χ2n) is 20.4. The van der Waals surface area contributed by atoms with Gasteiger partial charge in [0.15, 0.2) is 0 Å². The van der Waals surface area contributed by atoms with E-state index in [2.05, 4.69) is 251 Å². The average molecular weight is 955 g/mol. The predicted octanol–water partition coefficient (Wildman–Crippen LogP) is 14.2. The third-order valence-corrected chi connectivity index (χ3v) is 17.6. The number of hydrogen-bond acceptors (Lipinski definition) is 5. The highest BCUT2D eigenvalue weighted by atomic mass is 32.1. The molecule has 0 N–H and O–H groups in total. The van der Waals surface area contributed by atoms with Crippen LogP contribution >= 0.6 is 11.3 Å². The number of benzene rings is 9. The zero-order valence-corrected chi connectivity index (χ0v) is 42.0. The molecule has 0 amide bonds. The minimum atomic E-state index is -0.00422. The zero-order chi connectivity index (χ0) is 48.3. The van der Waals surface area contributed by atoms with Crippen molar-refractivity contribution in [2.24, 2.45) is 0 Å². The van der Waals surface area contributed by atoms with Crippen molar-refractivity contribution >= 4 is 126 Å². The fourth-order valence-electron chi connectivity index (χ4n) is 13.2. The molecule has 0 fully saturated rings. The van der Waals surface area contributed by atoms with Gasteiger partial charge in [-0.3, -0.25) is 0 Å². The molecule has 0 bridgehead atoms. The molecule has 6 heterocycles. The van der Waals surface area contributed by atoms with Crippen molar-refractivity contribution in [1.29, 1.82) is 0 Å². The molecule has 0 spiro atoms. The Bertz CT molecular complexity index is 3820. The molecule has 9 aromatic carbocycles. The predicted molar refractivity (Wildman–Crippen MR) is 314 cm³/mol. The van der Waals surface area contributed by atoms with Crippen LogP contribution in [0, 0.1) is 0 Å². The number of hydrogen-bond donors (Lipinski definition) is 0. The molecule has 0 saturated heterocycles. The van der Waals surface area contributed by atoms with Gasteiger partial charge in [0.05, 0.1) is 22.7 Å². The highest BCUT2D eigenvalue weighted by Crippen LogP contribution is 2.61. The first-order valence-corrected chi connectivity index (χ1v) is 27.3. The fraction of sp³-hybridized carbons (Fsp3) is 0.121. The van der Waals surface area contributed by atoms with Crippen molar-refractivity contribution < 1.29 is 0 Å². The highest BCUT2D eigenvalue weighted by molar-refractivity contribution is 7.13. The van der Waals surface area contributed by atoms with Gasteiger partial charge in [-0.05, 0) is 141 Å². The summed E-state index contributed by atoms with van der Waals surface area (Å²) in [5.41, 5.74) is 28.5. The summed E-state index contributed by atoms with van der Waals surface area (Å²) in [6.07, 6.45) is 6.70. The first-order valence-electron chi connectivity index (χ1n) is 26.5. The van der Waals surface area contributed by atoms with Gasteiger partial charge in [0.1, 0.15) is 0 Å². The van der Waals surface area contributed by atoms with Gasteiger partial charge in [-0.25, -0.2) is 0 Å². The number of para-hydroxylation sites is 2. The summed E-state index contributed by atoms with van der Waals surface area (Å²) in [7, 11) is 0. The van der Waals surface area contributed by atoms with Crippen LogP contribution in [0.15, 0.2) is 206 Å². The smallest absolute Gasteiger partial charge is 0.252 e. The number of rotatable bonds is 10. The molecule has 10 aromatic rings. The van der Waals surface area contributed by atoms with E-state index in [1.807, 2.05) is 0 Å². The topological polar surface area (TPSA) is 13.0 Å². The second-order valence-corrected chi connectivity index (χ2v) is 21.6. The maximum absolute atomic E-state index is 2.79. The first kappa shape index (κ1) is 42.7. The SMILES string of the molecule is CCCCc1sc(CCCC)c2c1N1c3cccc4c3B(c3cc(-c5ccccc5)ccc3N4c3ccccc3)c3ccc4c(c31)N2c1cccc2c1B4c1ccc(-c3ccccc3)cc1N2c1ccccc1. The number of nitrogens with zero attached hydrogens (tertiary/aromatic N) is 4. The van der Waals surface area contributed by atoms with Crippen LogP contribution in [0.3, 0.4) is 0 Å². The summed E-state index contributed by atoms with van der Waals surface area (Å²) in [4.78, 5) is 13.7. The summed E-state index contributed by atoms with van der Waals surface area (Å²) >= 11 is 2.09. The number of aryl methyl sites for hydroxylation is 2. The molecular weight excluding hydrogens is 902 g/mol. The zero-order valence-electron chi connectivity index (χ0n) is 41.2. The van der Waals surface area contributed by atoms with E-state index in [9.17, 15) is 0 Å². The molecule has 0 aliphatic carbocycles. The lowest BCUT2D eigenvalue weighted by molar-refractivity contribution is 0.803. The van der Waals surface area contributed by atoms with Crippen LogP contribution in [0.4, 0.5) is 68.2 Å². The van der Waals surface area contributed by atoms with Gasteiger partial charge in [-0.15, -0.1) is 11.3 Å². The molecule has 0 unspecified atom stereocenters. The Morgan fingerprint density at radius 2 is 0.753 bits per heavy atom. The van der Waals surface area contributed by atoms with E-state index in [0.29, 0.717) is 0 Å². The van der Waals surface area contributed by atoms with Gasteiger partial charge in [0.2, 0.25) is 0 Å². The summed E-state index contributed by atoms with van der Waals surface area (Å²) in [5.74, 6) is 0. The van der Waals surface area contributed by atoms with E-state index in [0.717, 1.165) is 38.5 Å². The van der Waals surface area contributed by atoms with Crippen molar-refractivity contribution in [3.63, 3.8) is 0 Å². The molecule has 0 saturated carbocycles. The minimum absolute atomic E-state index is 0.00422. The van der Waals surface area contributed by atoms with Gasteiger partial charge in [-0.1, -0.05) is 172 Å². The maximum Gasteiger partial charge on any atom is 0.252 e. The first-order chi connectivity index (χ1) is 36.2. The Balaban J connectivity index is 1.05. The minimum Gasteiger partial charge on any atom is -0.311 e. The van der Waals surface area contributed by atoms with E-state index in [1.54, 1.807) is 0 Å². The van der Waals surface area contributed by atoms with Crippen molar-refractivity contribution in [3.8, 4) is 22.3 Å². The number of thiophene rings is 1. The second kappa shape index (κ2) is 16.8. The van der Waals surface area contributed by atoms with Gasteiger partial charge < -0.3 is 19.6 Å². The van der Waals surface area contributed by atoms with Crippen LogP contribution in [0.1, 0.15) is 49.3 Å². The lowest BCUT2D eigenvalue weighted by Gasteiger charge is -2.52. The number of anilines is 12. The van der Waals surface area contributed by atoms with Crippen LogP contribution in [0.2, 0.25) is 0 Å². The molecule has 348 valence electrons. The molecule has 5 aliphatic heterocycles. The van der Waals surface area contributed by atoms with Gasteiger partial charge >= 0.3 is 0 Å². The largest absolute Gasteiger partial charge is 0.311 e. The lowest BCUT2D eigenvalue weighted by atomic mass is 9.31. The number of unbranched alkanes of at least 4 members (excludes halogenated alkanes) is 2. The molecule has 73 heavy (non-hydrogen) atoms. The molecule has 4 nitrogen and oxygen atoms in total. The molecule has 0 atom stereocenters. The van der Waals surface area contributed by atoms with Crippen LogP contribution in [0.25, 0.3) is 22.3 Å². The van der Waals surface area contributed by atoms with Crippen LogP contribution in [0.5, 0.6) is 0 Å². The molecule has 1 aromatic heterocycles. The van der Waals surface area contributed by atoms with Crippen molar-refractivity contribution in [2.75, 3.05) is 19.6 Å². The van der Waals surface area contributed by atoms with E-state index < -0.39 is 0 Å². The third-order valence-electron chi connectivity index (χ3n) is 16.3. The Labute approximate surface area is 433 Å². The monoisotopic (exact) mass is 954 g/mol. The Morgan fingerprint density at radius 3 is 1.26 bits per heavy atom. The van der Waals surface area contributed by atoms with E-state index >= 15 is 0 Å². The van der Waals surface area contributed by atoms with Gasteiger partial charge in [-0.2, -0.15) is 0 Å².